The minimum Gasteiger partial charge on any atom is -0.394 e. The Hall–Kier alpha value is -0.610. The van der Waals surface area contributed by atoms with Crippen LogP contribution in [-0.2, 0) is 9.53 Å². The topological polar surface area (TPSA) is 58.6 Å². The zero-order valence-electron chi connectivity index (χ0n) is 9.25. The van der Waals surface area contributed by atoms with Gasteiger partial charge in [0, 0.05) is 20.1 Å². The van der Waals surface area contributed by atoms with E-state index in [-0.39, 0.29) is 24.5 Å². The van der Waals surface area contributed by atoms with Crippen molar-refractivity contribution in [2.24, 2.45) is 5.92 Å². The maximum absolute atomic E-state index is 11.3. The third kappa shape index (κ3) is 5.94. The van der Waals surface area contributed by atoms with Crippen molar-refractivity contribution in [1.29, 1.82) is 0 Å². The lowest BCUT2D eigenvalue weighted by atomic mass is 10.1. The summed E-state index contributed by atoms with van der Waals surface area (Å²) in [6.45, 7) is 4.53. The van der Waals surface area contributed by atoms with Crippen LogP contribution in [0.25, 0.3) is 0 Å². The average Bonchev–Trinajstić information content (AvgIpc) is 2.14. The van der Waals surface area contributed by atoms with Crippen LogP contribution in [0.1, 0.15) is 26.7 Å². The van der Waals surface area contributed by atoms with E-state index in [0.29, 0.717) is 13.0 Å². The number of aliphatic hydroxyl groups excluding tert-OH is 1. The molecule has 1 atom stereocenters. The number of rotatable bonds is 7. The number of amides is 1. The van der Waals surface area contributed by atoms with Gasteiger partial charge in [0.2, 0.25) is 5.91 Å². The first-order chi connectivity index (χ1) is 6.61. The number of hydrogen-bond acceptors (Lipinski definition) is 3. The van der Waals surface area contributed by atoms with Crippen molar-refractivity contribution >= 4 is 5.91 Å². The van der Waals surface area contributed by atoms with E-state index in [1.165, 1.54) is 0 Å². The Morgan fingerprint density at radius 1 is 1.50 bits per heavy atom. The Morgan fingerprint density at radius 2 is 2.14 bits per heavy atom. The summed E-state index contributed by atoms with van der Waals surface area (Å²) in [6.07, 6.45) is 1.18. The van der Waals surface area contributed by atoms with E-state index >= 15 is 0 Å². The van der Waals surface area contributed by atoms with Crippen LogP contribution in [0.4, 0.5) is 0 Å². The summed E-state index contributed by atoms with van der Waals surface area (Å²) in [4.78, 5) is 11.3. The minimum atomic E-state index is -0.134. The molecule has 0 heterocycles. The SMILES string of the molecule is COCCCC(=O)N[C@H](CO)C(C)C. The van der Waals surface area contributed by atoms with E-state index in [2.05, 4.69) is 5.32 Å². The van der Waals surface area contributed by atoms with Gasteiger partial charge in [0.05, 0.1) is 12.6 Å². The van der Waals surface area contributed by atoms with Gasteiger partial charge in [0.1, 0.15) is 0 Å². The first-order valence-corrected chi connectivity index (χ1v) is 5.01. The first kappa shape index (κ1) is 13.4. The van der Waals surface area contributed by atoms with Crippen molar-refractivity contribution in [2.45, 2.75) is 32.7 Å². The Kier molecular flexibility index (Phi) is 7.42. The van der Waals surface area contributed by atoms with Gasteiger partial charge in [-0.25, -0.2) is 0 Å². The summed E-state index contributed by atoms with van der Waals surface area (Å²) in [5, 5.41) is 11.8. The van der Waals surface area contributed by atoms with Crippen molar-refractivity contribution in [3.05, 3.63) is 0 Å². The van der Waals surface area contributed by atoms with Crippen LogP contribution in [0.5, 0.6) is 0 Å². The molecule has 0 spiro atoms. The highest BCUT2D eigenvalue weighted by Gasteiger charge is 2.14. The van der Waals surface area contributed by atoms with E-state index in [4.69, 9.17) is 9.84 Å². The Bertz CT molecular complexity index is 159. The van der Waals surface area contributed by atoms with E-state index in [9.17, 15) is 4.79 Å². The number of nitrogens with one attached hydrogen (secondary N) is 1. The van der Waals surface area contributed by atoms with Gasteiger partial charge in [-0.1, -0.05) is 13.8 Å². The second kappa shape index (κ2) is 7.76. The Morgan fingerprint density at radius 3 is 2.57 bits per heavy atom. The van der Waals surface area contributed by atoms with Crippen molar-refractivity contribution in [1.82, 2.24) is 5.32 Å². The summed E-state index contributed by atoms with van der Waals surface area (Å²) in [7, 11) is 1.61. The summed E-state index contributed by atoms with van der Waals surface area (Å²) in [5.74, 6) is 0.237. The molecule has 0 aliphatic rings. The molecular weight excluding hydrogens is 182 g/mol. The van der Waals surface area contributed by atoms with Crippen LogP contribution in [-0.4, -0.2) is 37.4 Å². The quantitative estimate of drug-likeness (QED) is 0.594. The predicted octanol–water partition coefficient (Wildman–Crippen LogP) is 0.546. The molecule has 0 aliphatic heterocycles. The highest BCUT2D eigenvalue weighted by molar-refractivity contribution is 5.76. The average molecular weight is 203 g/mol. The molecule has 0 saturated heterocycles. The molecule has 4 nitrogen and oxygen atoms in total. The van der Waals surface area contributed by atoms with E-state index in [0.717, 1.165) is 6.42 Å². The molecule has 0 aliphatic carbocycles. The second-order valence-corrected chi connectivity index (χ2v) is 3.70. The van der Waals surface area contributed by atoms with Crippen molar-refractivity contribution < 1.29 is 14.6 Å². The molecule has 84 valence electrons. The zero-order chi connectivity index (χ0) is 11.0. The van der Waals surface area contributed by atoms with Crippen molar-refractivity contribution in [3.8, 4) is 0 Å². The van der Waals surface area contributed by atoms with E-state index in [1.807, 2.05) is 13.8 Å². The summed E-state index contributed by atoms with van der Waals surface area (Å²) in [5.41, 5.74) is 0. The summed E-state index contributed by atoms with van der Waals surface area (Å²) in [6, 6.07) is -0.134. The summed E-state index contributed by atoms with van der Waals surface area (Å²) >= 11 is 0. The number of carbonyl (C=O) groups is 1. The molecule has 0 fully saturated rings. The van der Waals surface area contributed by atoms with Gasteiger partial charge in [-0.05, 0) is 12.3 Å². The van der Waals surface area contributed by atoms with Gasteiger partial charge >= 0.3 is 0 Å². The number of methoxy groups -OCH3 is 1. The fourth-order valence-electron chi connectivity index (χ4n) is 1.08. The molecule has 0 aromatic rings. The predicted molar refractivity (Wildman–Crippen MR) is 55.0 cm³/mol. The normalized spacial score (nSPS) is 12.9. The highest BCUT2D eigenvalue weighted by Crippen LogP contribution is 2.01. The zero-order valence-corrected chi connectivity index (χ0v) is 9.25. The molecule has 0 radical (unpaired) electrons. The van der Waals surface area contributed by atoms with Crippen LogP contribution in [0.15, 0.2) is 0 Å². The van der Waals surface area contributed by atoms with Crippen LogP contribution in [0, 0.1) is 5.92 Å². The molecule has 0 saturated carbocycles. The second-order valence-electron chi connectivity index (χ2n) is 3.70. The van der Waals surface area contributed by atoms with Crippen LogP contribution >= 0.6 is 0 Å². The monoisotopic (exact) mass is 203 g/mol. The lowest BCUT2D eigenvalue weighted by Crippen LogP contribution is -2.41. The third-order valence-electron chi connectivity index (χ3n) is 2.10. The molecule has 4 heteroatoms. The van der Waals surface area contributed by atoms with Gasteiger partial charge in [-0.3, -0.25) is 4.79 Å². The summed E-state index contributed by atoms with van der Waals surface area (Å²) < 4.78 is 4.84. The molecule has 1 amide bonds. The van der Waals surface area contributed by atoms with Crippen molar-refractivity contribution in [2.75, 3.05) is 20.3 Å². The largest absolute Gasteiger partial charge is 0.394 e. The lowest BCUT2D eigenvalue weighted by molar-refractivity contribution is -0.122. The minimum absolute atomic E-state index is 0.00627. The fourth-order valence-corrected chi connectivity index (χ4v) is 1.08. The Balaban J connectivity index is 3.68. The van der Waals surface area contributed by atoms with Crippen LogP contribution in [0.2, 0.25) is 0 Å². The van der Waals surface area contributed by atoms with Gasteiger partial charge in [0.25, 0.3) is 0 Å². The van der Waals surface area contributed by atoms with Crippen molar-refractivity contribution in [3.63, 3.8) is 0 Å². The maximum atomic E-state index is 11.3. The molecule has 0 aromatic heterocycles. The highest BCUT2D eigenvalue weighted by atomic mass is 16.5. The molecule has 0 bridgehead atoms. The smallest absolute Gasteiger partial charge is 0.220 e. The van der Waals surface area contributed by atoms with Gasteiger partial charge < -0.3 is 15.2 Å². The molecule has 0 unspecified atom stereocenters. The fraction of sp³-hybridized carbons (Fsp3) is 0.900. The molecule has 0 aromatic carbocycles. The lowest BCUT2D eigenvalue weighted by Gasteiger charge is -2.19. The van der Waals surface area contributed by atoms with E-state index < -0.39 is 0 Å². The van der Waals surface area contributed by atoms with Gasteiger partial charge in [0.15, 0.2) is 0 Å². The molecule has 2 N–H and O–H groups in total. The number of aliphatic hydroxyl groups is 1. The third-order valence-corrected chi connectivity index (χ3v) is 2.10. The molecule has 14 heavy (non-hydrogen) atoms. The first-order valence-electron chi connectivity index (χ1n) is 5.01. The maximum Gasteiger partial charge on any atom is 0.220 e. The standard InChI is InChI=1S/C10H21NO3/c1-8(2)9(7-12)11-10(13)5-4-6-14-3/h8-9,12H,4-7H2,1-3H3,(H,11,13)/t9-/m1/s1. The molecule has 0 rings (SSSR count). The number of ether oxygens (including phenoxy) is 1. The van der Waals surface area contributed by atoms with Crippen LogP contribution in [0.3, 0.4) is 0 Å². The number of carbonyl (C=O) groups excluding carboxylic acids is 1. The Labute approximate surface area is 85.6 Å². The van der Waals surface area contributed by atoms with Gasteiger partial charge in [-0.2, -0.15) is 0 Å². The number of hydrogen-bond donors (Lipinski definition) is 2. The van der Waals surface area contributed by atoms with E-state index in [1.54, 1.807) is 7.11 Å². The van der Waals surface area contributed by atoms with Crippen LogP contribution < -0.4 is 5.32 Å². The molecular formula is C10H21NO3. The van der Waals surface area contributed by atoms with Gasteiger partial charge in [-0.15, -0.1) is 0 Å².